The topological polar surface area (TPSA) is 75.1 Å². The zero-order valence-electron chi connectivity index (χ0n) is 9.13. The van der Waals surface area contributed by atoms with Gasteiger partial charge in [0.15, 0.2) is 0 Å². The molecule has 0 aliphatic heterocycles. The number of benzene rings is 1. The number of nitrogens with zero attached hydrogens (tertiary/aromatic N) is 3. The van der Waals surface area contributed by atoms with E-state index in [9.17, 15) is 9.18 Å². The largest absolute Gasteiger partial charge is 0.463 e. The van der Waals surface area contributed by atoms with Crippen molar-refractivity contribution < 1.29 is 13.9 Å². The molecular formula is C11H10FN3O2. The Bertz CT molecular complexity index is 493. The molecular weight excluding hydrogens is 225 g/mol. The molecule has 17 heavy (non-hydrogen) atoms. The van der Waals surface area contributed by atoms with Crippen molar-refractivity contribution >= 4 is 17.7 Å². The number of rotatable bonds is 4. The van der Waals surface area contributed by atoms with Gasteiger partial charge in [-0.1, -0.05) is 11.2 Å². The van der Waals surface area contributed by atoms with Crippen molar-refractivity contribution in [3.05, 3.63) is 46.1 Å². The second-order valence-electron chi connectivity index (χ2n) is 2.99. The molecule has 0 atom stereocenters. The third-order valence-corrected chi connectivity index (χ3v) is 1.82. The van der Waals surface area contributed by atoms with Gasteiger partial charge in [0.2, 0.25) is 0 Å². The quantitative estimate of drug-likeness (QED) is 0.264. The molecule has 0 fully saturated rings. The van der Waals surface area contributed by atoms with Crippen LogP contribution in [0.5, 0.6) is 0 Å². The van der Waals surface area contributed by atoms with Crippen LogP contribution in [-0.2, 0) is 9.53 Å². The fraction of sp³-hybridized carbons (Fsp3) is 0.182. The van der Waals surface area contributed by atoms with Gasteiger partial charge in [0.1, 0.15) is 5.82 Å². The third-order valence-electron chi connectivity index (χ3n) is 1.82. The lowest BCUT2D eigenvalue weighted by molar-refractivity contribution is -0.137. The highest BCUT2D eigenvalue weighted by atomic mass is 19.1. The summed E-state index contributed by atoms with van der Waals surface area (Å²) in [5, 5.41) is 3.16. The average Bonchev–Trinajstić information content (AvgIpc) is 2.30. The van der Waals surface area contributed by atoms with Gasteiger partial charge < -0.3 is 4.74 Å². The first-order valence-corrected chi connectivity index (χ1v) is 4.87. The Hall–Kier alpha value is -2.33. The first kappa shape index (κ1) is 12.7. The number of ether oxygens (including phenoxy) is 1. The molecule has 1 rings (SSSR count). The lowest BCUT2D eigenvalue weighted by atomic mass is 10.2. The number of carbonyl (C=O) groups excluding carboxylic acids is 1. The van der Waals surface area contributed by atoms with Crippen molar-refractivity contribution in [2.24, 2.45) is 5.11 Å². The van der Waals surface area contributed by atoms with Crippen molar-refractivity contribution in [3.63, 3.8) is 0 Å². The Labute approximate surface area is 97.1 Å². The molecule has 0 N–H and O–H groups in total. The zero-order valence-corrected chi connectivity index (χ0v) is 9.13. The number of azide groups is 1. The fourth-order valence-electron chi connectivity index (χ4n) is 1.11. The second kappa shape index (κ2) is 6.30. The van der Waals surface area contributed by atoms with E-state index in [0.29, 0.717) is 5.56 Å². The maximum absolute atomic E-state index is 13.3. The fourth-order valence-corrected chi connectivity index (χ4v) is 1.11. The van der Waals surface area contributed by atoms with E-state index in [1.54, 1.807) is 6.92 Å². The van der Waals surface area contributed by atoms with Gasteiger partial charge in [0, 0.05) is 11.0 Å². The number of carbonyl (C=O) groups is 1. The van der Waals surface area contributed by atoms with Crippen LogP contribution < -0.4 is 0 Å². The summed E-state index contributed by atoms with van der Waals surface area (Å²) < 4.78 is 18.0. The minimum Gasteiger partial charge on any atom is -0.463 e. The van der Waals surface area contributed by atoms with E-state index in [-0.39, 0.29) is 12.3 Å². The van der Waals surface area contributed by atoms with Crippen LogP contribution in [0.2, 0.25) is 0 Å². The lowest BCUT2D eigenvalue weighted by Gasteiger charge is -1.98. The van der Waals surface area contributed by atoms with E-state index in [2.05, 4.69) is 14.8 Å². The summed E-state index contributed by atoms with van der Waals surface area (Å²) in [5.74, 6) is -1.14. The molecule has 0 spiro atoms. The monoisotopic (exact) mass is 235 g/mol. The Morgan fingerprint density at radius 1 is 1.65 bits per heavy atom. The maximum atomic E-state index is 13.3. The third kappa shape index (κ3) is 3.96. The Kier molecular flexibility index (Phi) is 4.72. The van der Waals surface area contributed by atoms with Crippen molar-refractivity contribution in [3.8, 4) is 0 Å². The van der Waals surface area contributed by atoms with Crippen molar-refractivity contribution in [2.45, 2.75) is 6.92 Å². The van der Waals surface area contributed by atoms with Gasteiger partial charge in [-0.15, -0.1) is 0 Å². The first-order chi connectivity index (χ1) is 8.17. The number of hydrogen-bond donors (Lipinski definition) is 0. The Morgan fingerprint density at radius 3 is 3.00 bits per heavy atom. The van der Waals surface area contributed by atoms with Crippen molar-refractivity contribution in [1.29, 1.82) is 0 Å². The van der Waals surface area contributed by atoms with Crippen LogP contribution in [0, 0.1) is 5.82 Å². The summed E-state index contributed by atoms with van der Waals surface area (Å²) in [6.07, 6.45) is 2.62. The van der Waals surface area contributed by atoms with Gasteiger partial charge in [-0.25, -0.2) is 9.18 Å². The van der Waals surface area contributed by atoms with Crippen LogP contribution in [0.4, 0.5) is 10.1 Å². The molecule has 0 amide bonds. The maximum Gasteiger partial charge on any atom is 0.330 e. The number of halogens is 1. The van der Waals surface area contributed by atoms with E-state index in [0.717, 1.165) is 0 Å². The van der Waals surface area contributed by atoms with E-state index >= 15 is 0 Å². The molecule has 6 heteroatoms. The minimum atomic E-state index is -0.645. The molecule has 0 saturated carbocycles. The van der Waals surface area contributed by atoms with E-state index in [1.165, 1.54) is 30.4 Å². The summed E-state index contributed by atoms with van der Waals surface area (Å²) in [7, 11) is 0. The summed E-state index contributed by atoms with van der Waals surface area (Å²) in [5.41, 5.74) is 8.56. The smallest absolute Gasteiger partial charge is 0.330 e. The number of hydrogen-bond acceptors (Lipinski definition) is 3. The average molecular weight is 235 g/mol. The molecule has 0 saturated heterocycles. The van der Waals surface area contributed by atoms with Gasteiger partial charge >= 0.3 is 5.97 Å². The van der Waals surface area contributed by atoms with Crippen LogP contribution in [0.1, 0.15) is 12.5 Å². The van der Waals surface area contributed by atoms with Crippen LogP contribution >= 0.6 is 0 Å². The lowest BCUT2D eigenvalue weighted by Crippen LogP contribution is -1.98. The highest BCUT2D eigenvalue weighted by Gasteiger charge is 2.00. The van der Waals surface area contributed by atoms with E-state index < -0.39 is 11.8 Å². The SMILES string of the molecule is CCOC(=O)/C=C/c1ccc(N=[N+]=[N-])c(F)c1. The summed E-state index contributed by atoms with van der Waals surface area (Å²) in [4.78, 5) is 13.5. The first-order valence-electron chi connectivity index (χ1n) is 4.87. The highest BCUT2D eigenvalue weighted by Crippen LogP contribution is 2.19. The molecule has 1 aromatic carbocycles. The summed E-state index contributed by atoms with van der Waals surface area (Å²) in [6, 6.07) is 4.03. The molecule has 0 aliphatic rings. The molecule has 1 aromatic rings. The molecule has 0 bridgehead atoms. The molecule has 0 aliphatic carbocycles. The van der Waals surface area contributed by atoms with Crippen LogP contribution in [0.3, 0.4) is 0 Å². The van der Waals surface area contributed by atoms with Crippen LogP contribution in [0.15, 0.2) is 29.4 Å². The van der Waals surface area contributed by atoms with Crippen molar-refractivity contribution in [2.75, 3.05) is 6.61 Å². The van der Waals surface area contributed by atoms with Crippen LogP contribution in [-0.4, -0.2) is 12.6 Å². The molecule has 0 aromatic heterocycles. The predicted octanol–water partition coefficient (Wildman–Crippen LogP) is 3.34. The van der Waals surface area contributed by atoms with Crippen molar-refractivity contribution in [1.82, 2.24) is 0 Å². The zero-order chi connectivity index (χ0) is 12.7. The summed E-state index contributed by atoms with van der Waals surface area (Å²) in [6.45, 7) is 1.98. The van der Waals surface area contributed by atoms with Crippen LogP contribution in [0.25, 0.3) is 16.5 Å². The summed E-state index contributed by atoms with van der Waals surface area (Å²) >= 11 is 0. The molecule has 0 heterocycles. The minimum absolute atomic E-state index is 0.0826. The Balaban J connectivity index is 2.84. The van der Waals surface area contributed by atoms with E-state index in [1.807, 2.05) is 0 Å². The van der Waals surface area contributed by atoms with Gasteiger partial charge in [-0.3, -0.25) is 0 Å². The standard InChI is InChI=1S/C11H10FN3O2/c1-2-17-11(16)6-4-8-3-5-10(14-15-13)9(12)7-8/h3-7H,2H2,1H3/b6-4+. The molecule has 5 nitrogen and oxygen atoms in total. The molecule has 0 radical (unpaired) electrons. The normalized spacial score (nSPS) is 10.0. The van der Waals surface area contributed by atoms with Gasteiger partial charge in [-0.05, 0) is 36.2 Å². The molecule has 0 unspecified atom stereocenters. The van der Waals surface area contributed by atoms with Gasteiger partial charge in [-0.2, -0.15) is 0 Å². The van der Waals surface area contributed by atoms with Gasteiger partial charge in [0.05, 0.1) is 12.3 Å². The van der Waals surface area contributed by atoms with E-state index in [4.69, 9.17) is 5.53 Å². The second-order valence-corrected chi connectivity index (χ2v) is 2.99. The van der Waals surface area contributed by atoms with Gasteiger partial charge in [0.25, 0.3) is 0 Å². The molecule has 88 valence electrons. The predicted molar refractivity (Wildman–Crippen MR) is 60.9 cm³/mol. The highest BCUT2D eigenvalue weighted by molar-refractivity contribution is 5.87. The Morgan fingerprint density at radius 2 is 2.41 bits per heavy atom. The number of esters is 1.